The van der Waals surface area contributed by atoms with Crippen molar-refractivity contribution >= 4 is 5.91 Å². The number of nitrogens with two attached hydrogens (primary N) is 1. The second-order valence-electron chi connectivity index (χ2n) is 3.99. The highest BCUT2D eigenvalue weighted by atomic mass is 16.1. The highest BCUT2D eigenvalue weighted by Crippen LogP contribution is 2.07. The molecule has 1 atom stereocenters. The molecule has 0 aliphatic heterocycles. The Morgan fingerprint density at radius 2 is 2.12 bits per heavy atom. The third-order valence-electron chi connectivity index (χ3n) is 2.86. The van der Waals surface area contributed by atoms with Crippen LogP contribution < -0.4 is 11.1 Å². The molecule has 0 bridgehead atoms. The number of rotatable bonds is 5. The maximum atomic E-state index is 11.7. The highest BCUT2D eigenvalue weighted by Gasteiger charge is 2.13. The van der Waals surface area contributed by atoms with Crippen molar-refractivity contribution in [1.82, 2.24) is 5.32 Å². The van der Waals surface area contributed by atoms with E-state index in [0.717, 1.165) is 12.0 Å². The van der Waals surface area contributed by atoms with E-state index in [0.29, 0.717) is 13.1 Å². The minimum absolute atomic E-state index is 0.0493. The van der Waals surface area contributed by atoms with E-state index in [-0.39, 0.29) is 11.8 Å². The van der Waals surface area contributed by atoms with Gasteiger partial charge in [0.1, 0.15) is 0 Å². The lowest BCUT2D eigenvalue weighted by Gasteiger charge is -2.13. The lowest BCUT2D eigenvalue weighted by Crippen LogP contribution is -2.34. The molecule has 88 valence electrons. The van der Waals surface area contributed by atoms with Gasteiger partial charge in [-0.3, -0.25) is 4.79 Å². The van der Waals surface area contributed by atoms with Crippen molar-refractivity contribution in [3.05, 3.63) is 35.4 Å². The first-order valence-corrected chi connectivity index (χ1v) is 5.71. The quantitative estimate of drug-likeness (QED) is 0.792. The van der Waals surface area contributed by atoms with Gasteiger partial charge in [0.2, 0.25) is 5.91 Å². The Morgan fingerprint density at radius 3 is 2.69 bits per heavy atom. The first kappa shape index (κ1) is 12.7. The molecule has 0 saturated carbocycles. The Bertz CT molecular complexity index is 346. The van der Waals surface area contributed by atoms with Crippen molar-refractivity contribution in [2.75, 3.05) is 6.54 Å². The molecular weight excluding hydrogens is 200 g/mol. The van der Waals surface area contributed by atoms with E-state index in [1.807, 2.05) is 38.1 Å². The summed E-state index contributed by atoms with van der Waals surface area (Å²) < 4.78 is 0. The summed E-state index contributed by atoms with van der Waals surface area (Å²) >= 11 is 0. The molecule has 3 nitrogen and oxygen atoms in total. The minimum Gasteiger partial charge on any atom is -0.352 e. The minimum atomic E-state index is -0.0657. The summed E-state index contributed by atoms with van der Waals surface area (Å²) in [4.78, 5) is 11.7. The SMILES string of the molecule is CCC(CN)C(=O)NCc1ccccc1C. The van der Waals surface area contributed by atoms with Crippen LogP contribution in [0.2, 0.25) is 0 Å². The van der Waals surface area contributed by atoms with Crippen LogP contribution in [0, 0.1) is 12.8 Å². The number of nitrogens with one attached hydrogen (secondary N) is 1. The fourth-order valence-corrected chi connectivity index (χ4v) is 1.59. The molecule has 1 unspecified atom stereocenters. The summed E-state index contributed by atoms with van der Waals surface area (Å²) in [6, 6.07) is 8.05. The third kappa shape index (κ3) is 3.35. The molecule has 1 aromatic carbocycles. The topological polar surface area (TPSA) is 55.1 Å². The molecule has 1 rings (SSSR count). The molecule has 16 heavy (non-hydrogen) atoms. The van der Waals surface area contributed by atoms with E-state index in [4.69, 9.17) is 5.73 Å². The molecule has 0 heterocycles. The third-order valence-corrected chi connectivity index (χ3v) is 2.86. The Morgan fingerprint density at radius 1 is 1.44 bits per heavy atom. The molecule has 1 aromatic rings. The predicted octanol–water partition coefficient (Wildman–Crippen LogP) is 1.60. The molecule has 0 aromatic heterocycles. The largest absolute Gasteiger partial charge is 0.352 e. The second kappa shape index (κ2) is 6.28. The van der Waals surface area contributed by atoms with Crippen LogP contribution in [0.25, 0.3) is 0 Å². The average molecular weight is 220 g/mol. The van der Waals surface area contributed by atoms with Crippen LogP contribution in [0.5, 0.6) is 0 Å². The Hall–Kier alpha value is -1.35. The Kier molecular flexibility index (Phi) is 4.99. The zero-order valence-electron chi connectivity index (χ0n) is 9.99. The van der Waals surface area contributed by atoms with E-state index in [1.54, 1.807) is 0 Å². The summed E-state index contributed by atoms with van der Waals surface area (Å²) in [6.45, 7) is 5.02. The van der Waals surface area contributed by atoms with Gasteiger partial charge in [-0.05, 0) is 24.5 Å². The average Bonchev–Trinajstić information content (AvgIpc) is 2.29. The standard InChI is InChI=1S/C13H20N2O/c1-3-11(8-14)13(16)15-9-12-7-5-4-6-10(12)2/h4-7,11H,3,8-9,14H2,1-2H3,(H,15,16). The van der Waals surface area contributed by atoms with Gasteiger partial charge in [-0.25, -0.2) is 0 Å². The highest BCUT2D eigenvalue weighted by molar-refractivity contribution is 5.78. The fourth-order valence-electron chi connectivity index (χ4n) is 1.59. The van der Waals surface area contributed by atoms with Gasteiger partial charge in [-0.15, -0.1) is 0 Å². The summed E-state index contributed by atoms with van der Waals surface area (Å²) in [5, 5.41) is 2.92. The smallest absolute Gasteiger partial charge is 0.224 e. The number of benzene rings is 1. The lowest BCUT2D eigenvalue weighted by atomic mass is 10.1. The van der Waals surface area contributed by atoms with Crippen LogP contribution >= 0.6 is 0 Å². The van der Waals surface area contributed by atoms with Crippen LogP contribution in [-0.2, 0) is 11.3 Å². The zero-order valence-corrected chi connectivity index (χ0v) is 9.99. The van der Waals surface area contributed by atoms with E-state index >= 15 is 0 Å². The summed E-state index contributed by atoms with van der Waals surface area (Å²) in [5.41, 5.74) is 7.88. The van der Waals surface area contributed by atoms with E-state index in [2.05, 4.69) is 5.32 Å². The van der Waals surface area contributed by atoms with Gasteiger partial charge < -0.3 is 11.1 Å². The molecule has 0 spiro atoms. The summed E-state index contributed by atoms with van der Waals surface area (Å²) in [5.74, 6) is -0.0164. The molecule has 0 aliphatic carbocycles. The molecule has 3 N–H and O–H groups in total. The van der Waals surface area contributed by atoms with Crippen molar-refractivity contribution in [2.45, 2.75) is 26.8 Å². The summed E-state index contributed by atoms with van der Waals surface area (Å²) in [6.07, 6.45) is 0.788. The Labute approximate surface area is 97.0 Å². The maximum Gasteiger partial charge on any atom is 0.224 e. The van der Waals surface area contributed by atoms with Crippen molar-refractivity contribution in [2.24, 2.45) is 11.7 Å². The van der Waals surface area contributed by atoms with E-state index in [9.17, 15) is 4.79 Å². The first-order chi connectivity index (χ1) is 7.69. The van der Waals surface area contributed by atoms with Gasteiger partial charge >= 0.3 is 0 Å². The number of carbonyl (C=O) groups is 1. The van der Waals surface area contributed by atoms with Crippen LogP contribution in [-0.4, -0.2) is 12.5 Å². The first-order valence-electron chi connectivity index (χ1n) is 5.71. The normalized spacial score (nSPS) is 12.2. The molecule has 1 amide bonds. The van der Waals surface area contributed by atoms with Gasteiger partial charge in [0.25, 0.3) is 0 Å². The molecular formula is C13H20N2O. The van der Waals surface area contributed by atoms with Gasteiger partial charge in [0, 0.05) is 19.0 Å². The van der Waals surface area contributed by atoms with Crippen molar-refractivity contribution < 1.29 is 4.79 Å². The zero-order chi connectivity index (χ0) is 12.0. The van der Waals surface area contributed by atoms with Crippen LogP contribution in [0.15, 0.2) is 24.3 Å². The van der Waals surface area contributed by atoms with E-state index < -0.39 is 0 Å². The van der Waals surface area contributed by atoms with Gasteiger partial charge in [-0.1, -0.05) is 31.2 Å². The van der Waals surface area contributed by atoms with Gasteiger partial charge in [-0.2, -0.15) is 0 Å². The second-order valence-corrected chi connectivity index (χ2v) is 3.99. The number of hydrogen-bond donors (Lipinski definition) is 2. The van der Waals surface area contributed by atoms with Gasteiger partial charge in [0.15, 0.2) is 0 Å². The lowest BCUT2D eigenvalue weighted by molar-refractivity contribution is -0.124. The van der Waals surface area contributed by atoms with Crippen molar-refractivity contribution in [1.29, 1.82) is 0 Å². The van der Waals surface area contributed by atoms with Crippen LogP contribution in [0.3, 0.4) is 0 Å². The summed E-state index contributed by atoms with van der Waals surface area (Å²) in [7, 11) is 0. The number of aryl methyl sites for hydroxylation is 1. The number of amides is 1. The number of hydrogen-bond acceptors (Lipinski definition) is 2. The van der Waals surface area contributed by atoms with Crippen LogP contribution in [0.4, 0.5) is 0 Å². The Balaban J connectivity index is 2.52. The molecule has 3 heteroatoms. The maximum absolute atomic E-state index is 11.7. The fraction of sp³-hybridized carbons (Fsp3) is 0.462. The monoisotopic (exact) mass is 220 g/mol. The van der Waals surface area contributed by atoms with E-state index in [1.165, 1.54) is 5.56 Å². The van der Waals surface area contributed by atoms with Crippen LogP contribution in [0.1, 0.15) is 24.5 Å². The van der Waals surface area contributed by atoms with Gasteiger partial charge in [0.05, 0.1) is 0 Å². The van der Waals surface area contributed by atoms with Crippen molar-refractivity contribution in [3.63, 3.8) is 0 Å². The molecule has 0 radical (unpaired) electrons. The number of carbonyl (C=O) groups excluding carboxylic acids is 1. The molecule has 0 saturated heterocycles. The molecule has 0 aliphatic rings. The predicted molar refractivity (Wildman–Crippen MR) is 65.9 cm³/mol. The van der Waals surface area contributed by atoms with Crippen molar-refractivity contribution in [3.8, 4) is 0 Å². The molecule has 0 fully saturated rings.